The lowest BCUT2D eigenvalue weighted by molar-refractivity contribution is -0.144. The molecule has 1 aliphatic carbocycles. The Bertz CT molecular complexity index is 925. The topological polar surface area (TPSA) is 67.9 Å². The molecule has 0 radical (unpaired) electrons. The van der Waals surface area contributed by atoms with Gasteiger partial charge in [-0.1, -0.05) is 18.2 Å². The third kappa shape index (κ3) is 1.66. The van der Waals surface area contributed by atoms with Gasteiger partial charge >= 0.3 is 11.9 Å². The van der Waals surface area contributed by atoms with Crippen LogP contribution in [0.25, 0.3) is 0 Å². The van der Waals surface area contributed by atoms with E-state index in [1.807, 2.05) is 6.07 Å². The molecule has 4 atom stereocenters. The number of fused-ring (bicyclic) bond motifs is 1. The molecule has 1 unspecified atom stereocenters. The maximum absolute atomic E-state index is 12.8. The molecule has 6 heteroatoms. The summed E-state index contributed by atoms with van der Waals surface area (Å²) < 4.78 is 11.0. The van der Waals surface area contributed by atoms with E-state index in [0.29, 0.717) is 18.4 Å². The number of rotatable bonds is 1. The van der Waals surface area contributed by atoms with Crippen LogP contribution < -0.4 is 5.32 Å². The van der Waals surface area contributed by atoms with Gasteiger partial charge in [0, 0.05) is 29.4 Å². The average molecular weight is 366 g/mol. The van der Waals surface area contributed by atoms with Crippen LogP contribution in [-0.4, -0.2) is 49.2 Å². The Labute approximate surface area is 157 Å². The minimum absolute atomic E-state index is 0.116. The van der Waals surface area contributed by atoms with Crippen molar-refractivity contribution in [2.24, 2.45) is 5.41 Å². The zero-order valence-electron chi connectivity index (χ0n) is 15.3. The van der Waals surface area contributed by atoms with Crippen LogP contribution in [0, 0.1) is 5.41 Å². The van der Waals surface area contributed by atoms with Crippen molar-refractivity contribution in [3.05, 3.63) is 41.1 Å². The number of anilines is 1. The Morgan fingerprint density at radius 2 is 2.15 bits per heavy atom. The second kappa shape index (κ2) is 4.93. The molecule has 0 saturated carbocycles. The lowest BCUT2D eigenvalue weighted by Crippen LogP contribution is -2.63. The van der Waals surface area contributed by atoms with Crippen molar-refractivity contribution in [2.45, 2.75) is 43.2 Å². The van der Waals surface area contributed by atoms with Crippen LogP contribution in [0.5, 0.6) is 0 Å². The number of benzene rings is 1. The predicted molar refractivity (Wildman–Crippen MR) is 96.9 cm³/mol. The van der Waals surface area contributed by atoms with Crippen molar-refractivity contribution >= 4 is 17.6 Å². The number of piperidine rings is 1. The molecule has 3 saturated heterocycles. The number of ether oxygens (including phenoxy) is 2. The lowest BCUT2D eigenvalue weighted by atomic mass is 9.53. The summed E-state index contributed by atoms with van der Waals surface area (Å²) in [5.41, 5.74) is 3.36. The summed E-state index contributed by atoms with van der Waals surface area (Å²) in [6.45, 7) is 1.91. The highest BCUT2D eigenvalue weighted by Gasteiger charge is 2.71. The molecule has 0 aromatic heterocycles. The number of hydrogen-bond donors (Lipinski definition) is 1. The summed E-state index contributed by atoms with van der Waals surface area (Å²) in [7, 11) is 1.43. The summed E-state index contributed by atoms with van der Waals surface area (Å²) in [5.74, 6) is -0.421. The van der Waals surface area contributed by atoms with Gasteiger partial charge in [-0.25, -0.2) is 4.79 Å². The number of para-hydroxylation sites is 1. The third-order valence-electron chi connectivity index (χ3n) is 7.59. The van der Waals surface area contributed by atoms with Crippen molar-refractivity contribution < 1.29 is 19.1 Å². The highest BCUT2D eigenvalue weighted by atomic mass is 16.6. The normalized spacial score (nSPS) is 38.5. The number of methoxy groups -OCH3 is 1. The molecule has 2 spiro atoms. The molecule has 27 heavy (non-hydrogen) atoms. The number of carbonyl (C=O) groups excluding carboxylic acids is 2. The lowest BCUT2D eigenvalue weighted by Gasteiger charge is -2.55. The summed E-state index contributed by atoms with van der Waals surface area (Å²) >= 11 is 0. The van der Waals surface area contributed by atoms with Crippen molar-refractivity contribution in [3.63, 3.8) is 0 Å². The Kier molecular flexibility index (Phi) is 2.86. The molecule has 1 aromatic carbocycles. The molecule has 6 rings (SSSR count). The van der Waals surface area contributed by atoms with E-state index in [9.17, 15) is 9.59 Å². The number of hydrogen-bond acceptors (Lipinski definition) is 6. The Hall–Kier alpha value is -2.34. The zero-order valence-corrected chi connectivity index (χ0v) is 15.3. The van der Waals surface area contributed by atoms with Gasteiger partial charge < -0.3 is 14.8 Å². The summed E-state index contributed by atoms with van der Waals surface area (Å²) in [4.78, 5) is 27.7. The van der Waals surface area contributed by atoms with Crippen molar-refractivity contribution in [1.82, 2.24) is 4.90 Å². The Balaban J connectivity index is 1.66. The first-order valence-corrected chi connectivity index (χ1v) is 9.72. The number of esters is 2. The minimum Gasteiger partial charge on any atom is -0.466 e. The molecule has 4 heterocycles. The van der Waals surface area contributed by atoms with E-state index in [1.54, 1.807) is 0 Å². The van der Waals surface area contributed by atoms with Crippen LogP contribution in [0.4, 0.5) is 5.69 Å². The first kappa shape index (κ1) is 15.7. The average Bonchev–Trinajstić information content (AvgIpc) is 3.33. The molecular formula is C21H22N2O4. The van der Waals surface area contributed by atoms with E-state index in [0.717, 1.165) is 37.3 Å². The smallest absolute Gasteiger partial charge is 0.335 e. The first-order chi connectivity index (χ1) is 13.1. The zero-order chi connectivity index (χ0) is 18.4. The number of nitrogens with one attached hydrogen (secondary N) is 1. The van der Waals surface area contributed by atoms with Gasteiger partial charge in [-0.2, -0.15) is 0 Å². The van der Waals surface area contributed by atoms with Crippen molar-refractivity contribution in [3.8, 4) is 0 Å². The number of nitrogens with zero attached hydrogens (tertiary/aromatic N) is 1. The van der Waals surface area contributed by atoms with Gasteiger partial charge in [0.25, 0.3) is 0 Å². The summed E-state index contributed by atoms with van der Waals surface area (Å²) in [5, 5.41) is 3.57. The SMILES string of the molecule is COC(=O)C1=C2Nc3ccccc3[C@@]23CCN2CCC4OC(=O)C[C@]4(C1)[C@H]23. The molecule has 6 nitrogen and oxygen atoms in total. The maximum Gasteiger partial charge on any atom is 0.335 e. The van der Waals surface area contributed by atoms with E-state index < -0.39 is 0 Å². The summed E-state index contributed by atoms with van der Waals surface area (Å²) in [6.07, 6.45) is 2.60. The largest absolute Gasteiger partial charge is 0.466 e. The quantitative estimate of drug-likeness (QED) is 0.767. The van der Waals surface area contributed by atoms with Gasteiger partial charge in [0.2, 0.25) is 0 Å². The van der Waals surface area contributed by atoms with E-state index >= 15 is 0 Å². The van der Waals surface area contributed by atoms with Crippen molar-refractivity contribution in [2.75, 3.05) is 25.5 Å². The van der Waals surface area contributed by atoms with Crippen LogP contribution in [-0.2, 0) is 24.5 Å². The Morgan fingerprint density at radius 1 is 1.30 bits per heavy atom. The van der Waals surface area contributed by atoms with Gasteiger partial charge in [-0.05, 0) is 37.4 Å². The third-order valence-corrected chi connectivity index (χ3v) is 7.59. The fraction of sp³-hybridized carbons (Fsp3) is 0.524. The van der Waals surface area contributed by atoms with Crippen LogP contribution >= 0.6 is 0 Å². The minimum atomic E-state index is -0.349. The van der Waals surface area contributed by atoms with Crippen LogP contribution in [0.1, 0.15) is 31.2 Å². The first-order valence-electron chi connectivity index (χ1n) is 9.72. The van der Waals surface area contributed by atoms with E-state index in [2.05, 4.69) is 28.4 Å². The summed E-state index contributed by atoms with van der Waals surface area (Å²) in [6, 6.07) is 8.52. The van der Waals surface area contributed by atoms with Gasteiger partial charge in [-0.3, -0.25) is 9.69 Å². The van der Waals surface area contributed by atoms with E-state index in [1.165, 1.54) is 12.7 Å². The fourth-order valence-electron chi connectivity index (χ4n) is 6.83. The van der Waals surface area contributed by atoms with Crippen LogP contribution in [0.2, 0.25) is 0 Å². The van der Waals surface area contributed by atoms with Crippen LogP contribution in [0.3, 0.4) is 0 Å². The molecular weight excluding hydrogens is 344 g/mol. The van der Waals surface area contributed by atoms with Gasteiger partial charge in [-0.15, -0.1) is 0 Å². The standard InChI is InChI=1S/C21H22N2O4/c1-26-18(25)12-10-20-11-16(24)27-15(20)6-8-23-9-7-21(19(20)23)13-4-2-3-5-14(13)22-17(12)21/h2-5,15,19,22H,6-11H2,1H3/t15?,19-,20-,21-/m0/s1. The molecule has 0 bridgehead atoms. The van der Waals surface area contributed by atoms with Gasteiger partial charge in [0.05, 0.1) is 24.5 Å². The maximum atomic E-state index is 12.8. The molecule has 5 aliphatic rings. The van der Waals surface area contributed by atoms with E-state index in [-0.39, 0.29) is 34.9 Å². The molecule has 4 aliphatic heterocycles. The van der Waals surface area contributed by atoms with Crippen LogP contribution in [0.15, 0.2) is 35.5 Å². The van der Waals surface area contributed by atoms with Crippen molar-refractivity contribution in [1.29, 1.82) is 0 Å². The predicted octanol–water partition coefficient (Wildman–Crippen LogP) is 1.96. The molecule has 1 aromatic rings. The highest BCUT2D eigenvalue weighted by Crippen LogP contribution is 2.66. The fourth-order valence-corrected chi connectivity index (χ4v) is 6.83. The van der Waals surface area contributed by atoms with E-state index in [4.69, 9.17) is 9.47 Å². The Morgan fingerprint density at radius 3 is 3.00 bits per heavy atom. The molecule has 1 N–H and O–H groups in total. The van der Waals surface area contributed by atoms with Gasteiger partial charge in [0.1, 0.15) is 6.10 Å². The highest BCUT2D eigenvalue weighted by molar-refractivity contribution is 5.93. The number of carbonyl (C=O) groups is 2. The second-order valence-corrected chi connectivity index (χ2v) is 8.53. The van der Waals surface area contributed by atoms with Gasteiger partial charge in [0.15, 0.2) is 0 Å². The second-order valence-electron chi connectivity index (χ2n) is 8.53. The monoisotopic (exact) mass is 366 g/mol. The molecule has 3 fully saturated rings. The molecule has 0 amide bonds. The molecule has 140 valence electrons.